The predicted octanol–water partition coefficient (Wildman–Crippen LogP) is 3.73. The monoisotopic (exact) mass is 395 g/mol. The van der Waals surface area contributed by atoms with Crippen LogP contribution in [-0.4, -0.2) is 60.7 Å². The Morgan fingerprint density at radius 1 is 0.964 bits per heavy atom. The summed E-state index contributed by atoms with van der Waals surface area (Å²) in [6.45, 7) is 9.89. The summed E-state index contributed by atoms with van der Waals surface area (Å²) in [6.07, 6.45) is 0.114. The number of morpholine rings is 1. The topological polar surface area (TPSA) is 19.0 Å². The Balaban J connectivity index is 1.32. The van der Waals surface area contributed by atoms with E-state index in [0.29, 0.717) is 0 Å². The molecule has 0 amide bonds. The van der Waals surface area contributed by atoms with Gasteiger partial charge < -0.3 is 14.5 Å². The van der Waals surface area contributed by atoms with Crippen molar-refractivity contribution in [3.05, 3.63) is 65.7 Å². The van der Waals surface area contributed by atoms with Crippen LogP contribution < -0.4 is 4.90 Å². The number of hydrogen-bond acceptors (Lipinski definition) is 4. The van der Waals surface area contributed by atoms with E-state index < -0.39 is 0 Å². The normalized spacial score (nSPS) is 21.0. The van der Waals surface area contributed by atoms with Crippen LogP contribution in [0.5, 0.6) is 0 Å². The van der Waals surface area contributed by atoms with Gasteiger partial charge in [0.05, 0.1) is 11.6 Å². The lowest BCUT2D eigenvalue weighted by Crippen LogP contribution is -2.46. The smallest absolute Gasteiger partial charge is 0.100 e. The first-order valence-corrected chi connectivity index (χ1v) is 10.6. The van der Waals surface area contributed by atoms with E-state index in [4.69, 9.17) is 17.0 Å². The molecular weight excluding hydrogens is 366 g/mol. The van der Waals surface area contributed by atoms with Gasteiger partial charge in [0.15, 0.2) is 0 Å². The zero-order valence-corrected chi connectivity index (χ0v) is 17.4. The summed E-state index contributed by atoms with van der Waals surface area (Å²) in [5, 5.41) is 0. The van der Waals surface area contributed by atoms with Gasteiger partial charge in [-0.05, 0) is 30.2 Å². The number of anilines is 1. The molecular formula is C23H29N3OS. The maximum Gasteiger partial charge on any atom is 0.100 e. The standard InChI is InChI=1S/C23H29N3OS/c1-19(28)26-15-16-27-23(18-26)21-7-9-22(10-8-21)25-13-11-24(12-14-25)17-20-5-3-2-4-6-20/h2-10,23H,11-18H2,1H3. The molecule has 2 heterocycles. The van der Waals surface area contributed by atoms with Crippen LogP contribution in [0.2, 0.25) is 0 Å². The summed E-state index contributed by atoms with van der Waals surface area (Å²) in [5.74, 6) is 0. The lowest BCUT2D eigenvalue weighted by Gasteiger charge is -2.36. The van der Waals surface area contributed by atoms with Crippen LogP contribution in [0, 0.1) is 0 Å². The molecule has 0 bridgehead atoms. The van der Waals surface area contributed by atoms with Gasteiger partial charge >= 0.3 is 0 Å². The second kappa shape index (κ2) is 9.03. The molecule has 2 aromatic carbocycles. The highest BCUT2D eigenvalue weighted by Crippen LogP contribution is 2.26. The average Bonchev–Trinajstić information content (AvgIpc) is 2.75. The lowest BCUT2D eigenvalue weighted by atomic mass is 10.1. The van der Waals surface area contributed by atoms with Gasteiger partial charge in [0.25, 0.3) is 0 Å². The van der Waals surface area contributed by atoms with Gasteiger partial charge in [0, 0.05) is 51.5 Å². The van der Waals surface area contributed by atoms with E-state index in [9.17, 15) is 0 Å². The minimum Gasteiger partial charge on any atom is -0.370 e. The van der Waals surface area contributed by atoms with E-state index in [1.54, 1.807) is 0 Å². The molecule has 2 aromatic rings. The molecule has 1 atom stereocenters. The molecule has 4 rings (SSSR count). The number of thiocarbonyl (C=S) groups is 1. The van der Waals surface area contributed by atoms with Crippen LogP contribution in [0.4, 0.5) is 5.69 Å². The first kappa shape index (κ1) is 19.4. The molecule has 148 valence electrons. The molecule has 0 saturated carbocycles. The Bertz CT molecular complexity index is 772. The van der Waals surface area contributed by atoms with Gasteiger partial charge in [-0.25, -0.2) is 0 Å². The summed E-state index contributed by atoms with van der Waals surface area (Å²) in [4.78, 5) is 8.22. The van der Waals surface area contributed by atoms with Crippen molar-refractivity contribution in [3.63, 3.8) is 0 Å². The minimum atomic E-state index is 0.114. The largest absolute Gasteiger partial charge is 0.370 e. The van der Waals surface area contributed by atoms with Crippen molar-refractivity contribution in [2.45, 2.75) is 19.6 Å². The first-order valence-electron chi connectivity index (χ1n) is 10.2. The summed E-state index contributed by atoms with van der Waals surface area (Å²) < 4.78 is 5.98. The van der Waals surface area contributed by atoms with E-state index in [0.717, 1.165) is 57.4 Å². The Morgan fingerprint density at radius 3 is 2.36 bits per heavy atom. The van der Waals surface area contributed by atoms with Gasteiger partial charge in [-0.1, -0.05) is 54.7 Å². The van der Waals surface area contributed by atoms with Gasteiger partial charge in [-0.3, -0.25) is 4.90 Å². The molecule has 0 spiro atoms. The van der Waals surface area contributed by atoms with Gasteiger partial charge in [-0.15, -0.1) is 0 Å². The minimum absolute atomic E-state index is 0.114. The molecule has 0 radical (unpaired) electrons. The van der Waals surface area contributed by atoms with Crippen LogP contribution in [-0.2, 0) is 11.3 Å². The fraction of sp³-hybridized carbons (Fsp3) is 0.435. The third-order valence-corrected chi connectivity index (χ3v) is 6.02. The SMILES string of the molecule is CC(=S)N1CCOC(c2ccc(N3CCN(Cc4ccccc4)CC3)cc2)C1. The van der Waals surface area contributed by atoms with Gasteiger partial charge in [0.1, 0.15) is 6.10 Å². The van der Waals surface area contributed by atoms with E-state index in [1.807, 2.05) is 6.92 Å². The molecule has 0 N–H and O–H groups in total. The Hall–Kier alpha value is -1.95. The zero-order valence-electron chi connectivity index (χ0n) is 16.6. The van der Waals surface area contributed by atoms with E-state index in [1.165, 1.54) is 16.8 Å². The Kier molecular flexibility index (Phi) is 6.25. The third kappa shape index (κ3) is 4.72. The maximum absolute atomic E-state index is 5.98. The van der Waals surface area contributed by atoms with Crippen LogP contribution in [0.25, 0.3) is 0 Å². The van der Waals surface area contributed by atoms with Crippen LogP contribution >= 0.6 is 12.2 Å². The quantitative estimate of drug-likeness (QED) is 0.733. The molecule has 2 aliphatic rings. The Morgan fingerprint density at radius 2 is 1.68 bits per heavy atom. The first-order chi connectivity index (χ1) is 13.7. The number of ether oxygens (including phenoxy) is 1. The highest BCUT2D eigenvalue weighted by Gasteiger charge is 2.23. The highest BCUT2D eigenvalue weighted by atomic mass is 32.1. The molecule has 4 nitrogen and oxygen atoms in total. The van der Waals surface area contributed by atoms with Crippen molar-refractivity contribution < 1.29 is 4.74 Å². The second-order valence-electron chi connectivity index (χ2n) is 7.66. The van der Waals surface area contributed by atoms with Gasteiger partial charge in [-0.2, -0.15) is 0 Å². The van der Waals surface area contributed by atoms with Crippen molar-refractivity contribution >= 4 is 22.9 Å². The van der Waals surface area contributed by atoms with Crippen molar-refractivity contribution in [1.29, 1.82) is 0 Å². The highest BCUT2D eigenvalue weighted by molar-refractivity contribution is 7.80. The molecule has 2 saturated heterocycles. The van der Waals surface area contributed by atoms with Crippen molar-refractivity contribution in [2.24, 2.45) is 0 Å². The van der Waals surface area contributed by atoms with E-state index >= 15 is 0 Å². The summed E-state index contributed by atoms with van der Waals surface area (Å²) in [7, 11) is 0. The average molecular weight is 396 g/mol. The number of piperazine rings is 1. The van der Waals surface area contributed by atoms with Crippen LogP contribution in [0.3, 0.4) is 0 Å². The van der Waals surface area contributed by atoms with Crippen LogP contribution in [0.15, 0.2) is 54.6 Å². The van der Waals surface area contributed by atoms with E-state index in [2.05, 4.69) is 69.3 Å². The lowest BCUT2D eigenvalue weighted by molar-refractivity contribution is -0.00627. The molecule has 0 aromatic heterocycles. The fourth-order valence-electron chi connectivity index (χ4n) is 4.04. The Labute approximate surface area is 173 Å². The van der Waals surface area contributed by atoms with Crippen molar-refractivity contribution in [1.82, 2.24) is 9.80 Å². The number of benzene rings is 2. The molecule has 2 fully saturated rings. The third-order valence-electron chi connectivity index (χ3n) is 5.76. The van der Waals surface area contributed by atoms with Crippen LogP contribution in [0.1, 0.15) is 24.2 Å². The fourth-order valence-corrected chi connectivity index (χ4v) is 4.21. The number of rotatable bonds is 4. The maximum atomic E-state index is 5.98. The van der Waals surface area contributed by atoms with Gasteiger partial charge in [0.2, 0.25) is 0 Å². The molecule has 5 heteroatoms. The summed E-state index contributed by atoms with van der Waals surface area (Å²) in [5.41, 5.74) is 3.95. The summed E-state index contributed by atoms with van der Waals surface area (Å²) in [6, 6.07) is 19.7. The predicted molar refractivity (Wildman–Crippen MR) is 119 cm³/mol. The summed E-state index contributed by atoms with van der Waals surface area (Å²) >= 11 is 5.33. The van der Waals surface area contributed by atoms with Crippen molar-refractivity contribution in [3.8, 4) is 0 Å². The second-order valence-corrected chi connectivity index (χ2v) is 8.26. The molecule has 28 heavy (non-hydrogen) atoms. The zero-order chi connectivity index (χ0) is 19.3. The van der Waals surface area contributed by atoms with E-state index in [-0.39, 0.29) is 6.10 Å². The number of nitrogens with zero attached hydrogens (tertiary/aromatic N) is 3. The molecule has 0 aliphatic carbocycles. The number of hydrogen-bond donors (Lipinski definition) is 0. The molecule has 1 unspecified atom stereocenters. The molecule has 2 aliphatic heterocycles. The van der Waals surface area contributed by atoms with Crippen molar-refractivity contribution in [2.75, 3.05) is 50.8 Å².